The largest absolute Gasteiger partial charge is 0.494 e. The lowest BCUT2D eigenvalue weighted by Crippen LogP contribution is -2.51. The zero-order chi connectivity index (χ0) is 25.9. The molecule has 0 radical (unpaired) electrons. The van der Waals surface area contributed by atoms with E-state index in [1.165, 1.54) is 0 Å². The van der Waals surface area contributed by atoms with E-state index in [0.717, 1.165) is 16.7 Å². The standard InChI is InChI=1S/C30H35ClN2O3/c1-22(2)32-30(35)28(20-24-10-5-4-6-11-24)33(21-25-12-7-9-23(3)19-25)29(34)13-8-18-36-27-16-14-26(31)15-17-27/h4-7,9-12,14-17,19,22,28H,8,13,18,20-21H2,1-3H3,(H,32,35). The molecular formula is C30H35ClN2O3. The van der Waals surface area contributed by atoms with Gasteiger partial charge in [0.2, 0.25) is 11.8 Å². The summed E-state index contributed by atoms with van der Waals surface area (Å²) in [6.45, 7) is 6.64. The lowest BCUT2D eigenvalue weighted by Gasteiger charge is -2.32. The first-order chi connectivity index (χ1) is 17.3. The molecule has 5 nitrogen and oxygen atoms in total. The first-order valence-electron chi connectivity index (χ1n) is 12.4. The van der Waals surface area contributed by atoms with Gasteiger partial charge in [-0.25, -0.2) is 0 Å². The highest BCUT2D eigenvalue weighted by Gasteiger charge is 2.30. The van der Waals surface area contributed by atoms with E-state index in [1.807, 2.05) is 69.3 Å². The molecule has 0 fully saturated rings. The van der Waals surface area contributed by atoms with E-state index in [2.05, 4.69) is 11.4 Å². The van der Waals surface area contributed by atoms with Crippen molar-refractivity contribution in [3.05, 3.63) is 101 Å². The van der Waals surface area contributed by atoms with Gasteiger partial charge in [0.15, 0.2) is 0 Å². The third kappa shape index (κ3) is 8.72. The molecule has 1 unspecified atom stereocenters. The summed E-state index contributed by atoms with van der Waals surface area (Å²) in [5.41, 5.74) is 3.12. The van der Waals surface area contributed by atoms with Crippen molar-refractivity contribution in [2.45, 2.75) is 58.7 Å². The summed E-state index contributed by atoms with van der Waals surface area (Å²) in [5, 5.41) is 3.67. The summed E-state index contributed by atoms with van der Waals surface area (Å²) in [6, 6.07) is 24.4. The maximum Gasteiger partial charge on any atom is 0.243 e. The van der Waals surface area contributed by atoms with E-state index >= 15 is 0 Å². The second-order valence-electron chi connectivity index (χ2n) is 9.29. The van der Waals surface area contributed by atoms with E-state index in [-0.39, 0.29) is 24.3 Å². The average molecular weight is 507 g/mol. The van der Waals surface area contributed by atoms with Crippen molar-refractivity contribution in [2.24, 2.45) is 0 Å². The highest BCUT2D eigenvalue weighted by Crippen LogP contribution is 2.19. The quantitative estimate of drug-likeness (QED) is 0.308. The Kier molecular flexibility index (Phi) is 10.4. The molecule has 0 aromatic heterocycles. The van der Waals surface area contributed by atoms with E-state index in [9.17, 15) is 9.59 Å². The van der Waals surface area contributed by atoms with Gasteiger partial charge in [-0.1, -0.05) is 71.8 Å². The summed E-state index contributed by atoms with van der Waals surface area (Å²) >= 11 is 5.93. The molecule has 36 heavy (non-hydrogen) atoms. The number of nitrogens with zero attached hydrogens (tertiary/aromatic N) is 1. The number of hydrogen-bond donors (Lipinski definition) is 1. The molecule has 3 aromatic carbocycles. The van der Waals surface area contributed by atoms with Crippen LogP contribution >= 0.6 is 11.6 Å². The average Bonchev–Trinajstić information content (AvgIpc) is 2.85. The highest BCUT2D eigenvalue weighted by molar-refractivity contribution is 6.30. The number of benzene rings is 3. The molecule has 1 atom stereocenters. The molecule has 0 spiro atoms. The van der Waals surface area contributed by atoms with Crippen LogP contribution in [0.2, 0.25) is 5.02 Å². The maximum atomic E-state index is 13.6. The molecular weight excluding hydrogens is 472 g/mol. The normalized spacial score (nSPS) is 11.7. The van der Waals surface area contributed by atoms with Crippen LogP contribution in [0.4, 0.5) is 0 Å². The fourth-order valence-corrected chi connectivity index (χ4v) is 4.16. The van der Waals surface area contributed by atoms with Gasteiger partial charge < -0.3 is 15.0 Å². The molecule has 0 aliphatic carbocycles. The molecule has 6 heteroatoms. The number of halogens is 1. The second-order valence-corrected chi connectivity index (χ2v) is 9.72. The monoisotopic (exact) mass is 506 g/mol. The minimum absolute atomic E-state index is 0.0283. The van der Waals surface area contributed by atoms with Gasteiger partial charge in [-0.2, -0.15) is 0 Å². The van der Waals surface area contributed by atoms with Crippen LogP contribution in [-0.4, -0.2) is 35.4 Å². The van der Waals surface area contributed by atoms with E-state index in [4.69, 9.17) is 16.3 Å². The Hall–Kier alpha value is -3.31. The predicted molar refractivity (Wildman–Crippen MR) is 145 cm³/mol. The number of nitrogens with one attached hydrogen (secondary N) is 1. The zero-order valence-corrected chi connectivity index (χ0v) is 22.0. The van der Waals surface area contributed by atoms with Crippen molar-refractivity contribution < 1.29 is 14.3 Å². The van der Waals surface area contributed by atoms with Gasteiger partial charge in [-0.3, -0.25) is 9.59 Å². The predicted octanol–water partition coefficient (Wildman–Crippen LogP) is 5.97. The van der Waals surface area contributed by atoms with E-state index < -0.39 is 6.04 Å². The summed E-state index contributed by atoms with van der Waals surface area (Å²) in [5.74, 6) is 0.491. The summed E-state index contributed by atoms with van der Waals surface area (Å²) < 4.78 is 5.77. The van der Waals surface area contributed by atoms with Gasteiger partial charge in [0.05, 0.1) is 6.61 Å². The Morgan fingerprint density at radius 2 is 1.64 bits per heavy atom. The van der Waals surface area contributed by atoms with Crippen LogP contribution in [0.15, 0.2) is 78.9 Å². The third-order valence-corrected chi connectivity index (χ3v) is 6.01. The molecule has 0 bridgehead atoms. The van der Waals surface area contributed by atoms with Crippen molar-refractivity contribution in [3.63, 3.8) is 0 Å². The van der Waals surface area contributed by atoms with Gasteiger partial charge in [-0.15, -0.1) is 0 Å². The molecule has 1 N–H and O–H groups in total. The van der Waals surface area contributed by atoms with Crippen molar-refractivity contribution in [2.75, 3.05) is 6.61 Å². The van der Waals surface area contributed by atoms with Gasteiger partial charge in [0.1, 0.15) is 11.8 Å². The minimum atomic E-state index is -0.625. The topological polar surface area (TPSA) is 58.6 Å². The van der Waals surface area contributed by atoms with Crippen LogP contribution in [0.5, 0.6) is 5.75 Å². The molecule has 0 heterocycles. The van der Waals surface area contributed by atoms with Crippen molar-refractivity contribution >= 4 is 23.4 Å². The third-order valence-electron chi connectivity index (χ3n) is 5.75. The van der Waals surface area contributed by atoms with Crippen LogP contribution in [0.3, 0.4) is 0 Å². The number of carbonyl (C=O) groups is 2. The van der Waals surface area contributed by atoms with Crippen LogP contribution in [-0.2, 0) is 22.6 Å². The van der Waals surface area contributed by atoms with Gasteiger partial charge in [0, 0.05) is 30.5 Å². The number of ether oxygens (including phenoxy) is 1. The summed E-state index contributed by atoms with van der Waals surface area (Å²) in [7, 11) is 0. The van der Waals surface area contributed by atoms with Crippen LogP contribution < -0.4 is 10.1 Å². The van der Waals surface area contributed by atoms with Crippen molar-refractivity contribution in [1.29, 1.82) is 0 Å². The molecule has 2 amide bonds. The van der Waals surface area contributed by atoms with Crippen LogP contribution in [0.1, 0.15) is 43.4 Å². The molecule has 0 saturated carbocycles. The molecule has 3 aromatic rings. The molecule has 0 aliphatic heterocycles. The Bertz CT molecular complexity index is 1120. The van der Waals surface area contributed by atoms with E-state index in [0.29, 0.717) is 36.8 Å². The Morgan fingerprint density at radius 3 is 2.31 bits per heavy atom. The molecule has 190 valence electrons. The summed E-state index contributed by atoms with van der Waals surface area (Å²) in [6.07, 6.45) is 1.26. The smallest absolute Gasteiger partial charge is 0.243 e. The lowest BCUT2D eigenvalue weighted by molar-refractivity contribution is -0.141. The van der Waals surface area contributed by atoms with Gasteiger partial charge >= 0.3 is 0 Å². The first kappa shape index (κ1) is 27.3. The fraction of sp³-hybridized carbons (Fsp3) is 0.333. The number of carbonyl (C=O) groups excluding carboxylic acids is 2. The molecule has 0 saturated heterocycles. The Labute approximate surface area is 219 Å². The lowest BCUT2D eigenvalue weighted by atomic mass is 10.0. The first-order valence-corrected chi connectivity index (χ1v) is 12.8. The van der Waals surface area contributed by atoms with Crippen molar-refractivity contribution in [3.8, 4) is 5.75 Å². The molecule has 0 aliphatic rings. The SMILES string of the molecule is Cc1cccc(CN(C(=O)CCCOc2ccc(Cl)cc2)C(Cc2ccccc2)C(=O)NC(C)C)c1. The Morgan fingerprint density at radius 1 is 0.944 bits per heavy atom. The second kappa shape index (κ2) is 13.7. The van der Waals surface area contributed by atoms with Gasteiger partial charge in [0.25, 0.3) is 0 Å². The number of amides is 2. The van der Waals surface area contributed by atoms with Crippen molar-refractivity contribution in [1.82, 2.24) is 10.2 Å². The minimum Gasteiger partial charge on any atom is -0.494 e. The fourth-order valence-electron chi connectivity index (χ4n) is 4.03. The maximum absolute atomic E-state index is 13.6. The van der Waals surface area contributed by atoms with Gasteiger partial charge in [-0.05, 0) is 62.6 Å². The van der Waals surface area contributed by atoms with Crippen LogP contribution in [0, 0.1) is 6.92 Å². The Balaban J connectivity index is 1.78. The number of hydrogen-bond acceptors (Lipinski definition) is 3. The summed E-state index contributed by atoms with van der Waals surface area (Å²) in [4.78, 5) is 28.7. The zero-order valence-electron chi connectivity index (χ0n) is 21.2. The number of aryl methyl sites for hydroxylation is 1. The highest BCUT2D eigenvalue weighted by atomic mass is 35.5. The molecule has 3 rings (SSSR count). The van der Waals surface area contributed by atoms with Crippen LogP contribution in [0.25, 0.3) is 0 Å². The number of rotatable bonds is 12. The van der Waals surface area contributed by atoms with E-state index in [1.54, 1.807) is 29.2 Å².